The van der Waals surface area contributed by atoms with E-state index in [1.807, 2.05) is 0 Å². The molecule has 0 N–H and O–H groups in total. The Morgan fingerprint density at radius 2 is 0.579 bits per heavy atom. The molecule has 0 aliphatic carbocycles. The molecule has 8 nitrogen and oxygen atoms in total. The molecule has 0 saturated carbocycles. The van der Waals surface area contributed by atoms with E-state index in [0.717, 1.165) is 0 Å². The molecule has 0 amide bonds. The first-order chi connectivity index (χ1) is 58.2. The number of aryl methyl sites for hydroxylation is 12. The maximum Gasteiger partial charge on any atom is 0.290 e. The van der Waals surface area contributed by atoms with Gasteiger partial charge in [-0.3, -0.25) is 0 Å². The summed E-state index contributed by atoms with van der Waals surface area (Å²) < 4.78 is 18.9. The molecule has 8 aromatic heterocycles. The molecule has 0 fully saturated rings. The zero-order valence-corrected chi connectivity index (χ0v) is 74.9. The van der Waals surface area contributed by atoms with Crippen LogP contribution in [0.2, 0.25) is 0 Å². The molecule has 19 aromatic rings. The van der Waals surface area contributed by atoms with Crippen molar-refractivity contribution in [3.8, 4) is 56.7 Å². The van der Waals surface area contributed by atoms with Gasteiger partial charge in [0.15, 0.2) is 0 Å². The summed E-state index contributed by atoms with van der Waals surface area (Å²) in [6, 6.07) is 93.3. The van der Waals surface area contributed by atoms with E-state index < -0.39 is 0 Å². The van der Waals surface area contributed by atoms with Gasteiger partial charge in [0.05, 0.1) is 58.5 Å². The highest BCUT2D eigenvalue weighted by Crippen LogP contribution is 2.48. The summed E-state index contributed by atoms with van der Waals surface area (Å²) in [5.41, 5.74) is 37.3. The van der Waals surface area contributed by atoms with Gasteiger partial charge >= 0.3 is 0 Å². The normalized spacial score (nSPS) is 12.4. The lowest BCUT2D eigenvalue weighted by Crippen LogP contribution is -2.40. The Morgan fingerprint density at radius 3 is 1.00 bits per heavy atom. The van der Waals surface area contributed by atoms with Gasteiger partial charge in [-0.1, -0.05) is 221 Å². The number of hydrogen-bond donors (Lipinski definition) is 0. The minimum absolute atomic E-state index is 0.00779. The number of nitrogens with zero attached hydrogens (tertiary/aromatic N) is 8. The lowest BCUT2D eigenvalue weighted by atomic mass is 9.75. The number of hydrogen-bond acceptors (Lipinski definition) is 0. The molecule has 121 heavy (non-hydrogen) atoms. The van der Waals surface area contributed by atoms with Crippen LogP contribution in [0.15, 0.2) is 280 Å². The number of benzene rings is 11. The van der Waals surface area contributed by atoms with Crippen LogP contribution < -0.4 is 18.3 Å². The molecule has 9 heterocycles. The summed E-state index contributed by atoms with van der Waals surface area (Å²) in [4.78, 5) is 0. The van der Waals surface area contributed by atoms with Crippen molar-refractivity contribution in [2.24, 2.45) is 28.2 Å². The molecule has 0 atom stereocenters. The molecule has 0 bridgehead atoms. The van der Waals surface area contributed by atoms with E-state index in [2.05, 4.69) is 469 Å². The van der Waals surface area contributed by atoms with Crippen molar-refractivity contribution < 1.29 is 18.3 Å². The maximum absolute atomic E-state index is 2.48. The molecule has 8 heteroatoms. The number of pyridine rings is 4. The average Bonchev–Trinajstić information content (AvgIpc) is 1.56. The highest BCUT2D eigenvalue weighted by Gasteiger charge is 2.42. The van der Waals surface area contributed by atoms with Crippen molar-refractivity contribution in [3.05, 3.63) is 357 Å². The van der Waals surface area contributed by atoms with Crippen LogP contribution in [0.25, 0.3) is 144 Å². The molecule has 604 valence electrons. The lowest BCUT2D eigenvalue weighted by molar-refractivity contribution is -0.666. The lowest BCUT2D eigenvalue weighted by Gasteiger charge is -2.30. The van der Waals surface area contributed by atoms with E-state index in [-0.39, 0.29) is 5.41 Å². The van der Waals surface area contributed by atoms with Gasteiger partial charge in [0.25, 0.3) is 23.3 Å². The van der Waals surface area contributed by atoms with Crippen molar-refractivity contribution in [2.45, 2.75) is 154 Å². The molecule has 1 aliphatic heterocycles. The van der Waals surface area contributed by atoms with Gasteiger partial charge in [0, 0.05) is 89.0 Å². The van der Waals surface area contributed by atoms with Gasteiger partial charge < -0.3 is 0 Å². The number of aromatic nitrogens is 8. The summed E-state index contributed by atoms with van der Waals surface area (Å²) in [7, 11) is 8.67. The summed E-state index contributed by atoms with van der Waals surface area (Å²) in [6.45, 7) is 40.8. The third kappa shape index (κ3) is 13.6. The minimum Gasteiger partial charge on any atom is -0.236 e. The van der Waals surface area contributed by atoms with E-state index in [1.54, 1.807) is 0 Å². The second-order valence-corrected chi connectivity index (χ2v) is 36.0. The second-order valence-electron chi connectivity index (χ2n) is 36.0. The van der Waals surface area contributed by atoms with Gasteiger partial charge in [-0.05, 0) is 247 Å². The predicted octanol–water partition coefficient (Wildman–Crippen LogP) is 27.0. The quantitative estimate of drug-likeness (QED) is 0.122. The van der Waals surface area contributed by atoms with Crippen LogP contribution in [0.4, 0.5) is 0 Å². The van der Waals surface area contributed by atoms with Gasteiger partial charge in [-0.25, -0.2) is 18.3 Å². The predicted molar refractivity (Wildman–Crippen MR) is 511 cm³/mol. The Morgan fingerprint density at radius 1 is 0.256 bits per heavy atom. The fourth-order valence-electron chi connectivity index (χ4n) is 20.2. The Labute approximate surface area is 715 Å². The number of fused-ring (bicyclic) bond motifs is 14. The van der Waals surface area contributed by atoms with Crippen molar-refractivity contribution >= 4 is 87.2 Å². The highest BCUT2D eigenvalue weighted by molar-refractivity contribution is 6.14. The van der Waals surface area contributed by atoms with Crippen LogP contribution in [0.5, 0.6) is 0 Å². The molecular formula is C113H116N8+4. The van der Waals surface area contributed by atoms with Crippen molar-refractivity contribution in [2.75, 3.05) is 0 Å². The Hall–Kier alpha value is -12.8. The largest absolute Gasteiger partial charge is 0.290 e. The fourth-order valence-corrected chi connectivity index (χ4v) is 20.2. The van der Waals surface area contributed by atoms with Gasteiger partial charge in [0.1, 0.15) is 44.1 Å². The summed E-state index contributed by atoms with van der Waals surface area (Å²) in [5, 5.41) is 10.5. The van der Waals surface area contributed by atoms with Crippen LogP contribution in [-0.2, 0) is 33.6 Å². The average molecular weight is 1590 g/mol. The van der Waals surface area contributed by atoms with Gasteiger partial charge in [-0.15, -0.1) is 0 Å². The SMILES string of the molecule is Cc1cc(-n2c3ccccc3c3cccc(C)c32)[n+](C)cc1-c1c(C(C)C)cccc1C(C)C.Cc1cc(-n2c3ccccc3c3cccc(C)c32)[n+](C)cc1-c1c(C)cccc1C.Cc1cccc2c3cccc4c3n(c12)-c1c(ccc[n+]1C)C4(C)C.Cc1cccc2c3ccccc3n(-c3ccc(-c4c(C(C)C)cccc4C(C)C)c[n+]3C)c12. The van der Waals surface area contributed by atoms with E-state index in [4.69, 9.17) is 0 Å². The van der Waals surface area contributed by atoms with E-state index in [0.29, 0.717) is 23.7 Å². The highest BCUT2D eigenvalue weighted by atomic mass is 15.2. The third-order valence-electron chi connectivity index (χ3n) is 26.2. The first-order valence-electron chi connectivity index (χ1n) is 43.5. The maximum atomic E-state index is 2.48. The summed E-state index contributed by atoms with van der Waals surface area (Å²) >= 11 is 0. The van der Waals surface area contributed by atoms with Crippen molar-refractivity contribution in [1.29, 1.82) is 0 Å². The number of rotatable bonds is 10. The fraction of sp³-hybridized carbons (Fsp3) is 0.239. The van der Waals surface area contributed by atoms with E-state index >= 15 is 0 Å². The molecule has 20 rings (SSSR count). The monoisotopic (exact) mass is 1580 g/mol. The smallest absolute Gasteiger partial charge is 0.236 e. The van der Waals surface area contributed by atoms with E-state index in [1.165, 1.54) is 222 Å². The Balaban J connectivity index is 0.000000116. The van der Waals surface area contributed by atoms with Crippen LogP contribution in [-0.4, -0.2) is 18.3 Å². The standard InChI is InChI=1S/C32H35N2.C31H33N2.C28H27N2.C22H21N2/c1-20(2)24-14-11-15-25(21(3)4)31(24)28-19-33(7)30(18-23(28)6)34-29-17-9-8-13-26(29)27-16-10-12-22(5)32(27)34;1-20(2)24-13-10-14-25(21(3)4)30(24)23-17-18-29(32(6)19-23)33-28-16-8-7-12-26(28)27-15-9-11-22(5)31(27)33;1-18-10-8-11-19(2)27(18)24-17-29(5)26(16-21(24)4)30-25-15-7-6-13-22(25)23-14-9-12-20(3)28(23)30;1-14-8-5-9-15-16-10-6-11-17-20(16)24(19(14)15)21-18(22(17,2)3)12-7-13-23(21)4/h8-21H,1-7H3;7-21H,1-6H3;6-17H,1-5H3;5-13H,1-4H3/q4*+1. The minimum atomic E-state index is -0.00779. The second kappa shape index (κ2) is 31.7. The van der Waals surface area contributed by atoms with Crippen molar-refractivity contribution in [1.82, 2.24) is 18.3 Å². The third-order valence-corrected chi connectivity index (χ3v) is 26.2. The first-order valence-corrected chi connectivity index (χ1v) is 43.5. The summed E-state index contributed by atoms with van der Waals surface area (Å²) in [5.74, 6) is 6.73. The zero-order chi connectivity index (χ0) is 85.0. The molecule has 0 spiro atoms. The molecule has 0 radical (unpaired) electrons. The molecule has 11 aromatic carbocycles. The van der Waals surface area contributed by atoms with Crippen LogP contribution >= 0.6 is 0 Å². The zero-order valence-electron chi connectivity index (χ0n) is 74.9. The molecule has 0 saturated heterocycles. The van der Waals surface area contributed by atoms with Crippen molar-refractivity contribution in [3.63, 3.8) is 0 Å². The number of para-hydroxylation sites is 8. The molecule has 1 aliphatic rings. The van der Waals surface area contributed by atoms with Crippen LogP contribution in [0, 0.1) is 55.4 Å². The first kappa shape index (κ1) is 80.6. The van der Waals surface area contributed by atoms with Crippen LogP contribution in [0.3, 0.4) is 0 Å². The Bertz CT molecular complexity index is 7260. The topological polar surface area (TPSA) is 35.2 Å². The molecular weight excluding hydrogens is 1470 g/mol. The molecule has 0 unspecified atom stereocenters. The summed E-state index contributed by atoms with van der Waals surface area (Å²) in [6.07, 6.45) is 9.09. The Kier molecular flexibility index (Phi) is 21.2. The van der Waals surface area contributed by atoms with Crippen LogP contribution in [0.1, 0.15) is 171 Å². The van der Waals surface area contributed by atoms with Gasteiger partial charge in [0.2, 0.25) is 0 Å². The van der Waals surface area contributed by atoms with E-state index in [9.17, 15) is 0 Å². The van der Waals surface area contributed by atoms with Gasteiger partial charge in [-0.2, -0.15) is 18.3 Å².